The standard InChI is InChI=1S/C16H14N2O2/c1-10-5-3-6-12(11(10)2)18-16(19)15-9-13-14(20-15)7-4-8-17-13/h3-9H,1-2H3,(H,18,19). The van der Waals surface area contributed by atoms with Gasteiger partial charge in [-0.3, -0.25) is 9.78 Å². The first-order valence-electron chi connectivity index (χ1n) is 6.37. The van der Waals surface area contributed by atoms with Crippen LogP contribution in [0.25, 0.3) is 11.1 Å². The molecule has 4 heteroatoms. The largest absolute Gasteiger partial charge is 0.449 e. The summed E-state index contributed by atoms with van der Waals surface area (Å²) in [6.45, 7) is 3.99. The van der Waals surface area contributed by atoms with Crippen LogP contribution in [-0.4, -0.2) is 10.9 Å². The number of aromatic nitrogens is 1. The fourth-order valence-corrected chi connectivity index (χ4v) is 2.05. The van der Waals surface area contributed by atoms with Crippen LogP contribution in [0.4, 0.5) is 5.69 Å². The lowest BCUT2D eigenvalue weighted by atomic mass is 10.1. The van der Waals surface area contributed by atoms with E-state index in [-0.39, 0.29) is 11.7 Å². The Morgan fingerprint density at radius 2 is 2.05 bits per heavy atom. The second-order valence-corrected chi connectivity index (χ2v) is 4.70. The summed E-state index contributed by atoms with van der Waals surface area (Å²) >= 11 is 0. The van der Waals surface area contributed by atoms with Crippen LogP contribution in [0.3, 0.4) is 0 Å². The van der Waals surface area contributed by atoms with Crippen molar-refractivity contribution in [1.82, 2.24) is 4.98 Å². The molecule has 4 nitrogen and oxygen atoms in total. The molecule has 100 valence electrons. The van der Waals surface area contributed by atoms with Gasteiger partial charge in [-0.15, -0.1) is 0 Å². The Balaban J connectivity index is 1.91. The van der Waals surface area contributed by atoms with Gasteiger partial charge in [0.15, 0.2) is 11.3 Å². The molecule has 3 rings (SSSR count). The Bertz CT molecular complexity index is 757. The monoisotopic (exact) mass is 266 g/mol. The van der Waals surface area contributed by atoms with E-state index >= 15 is 0 Å². The summed E-state index contributed by atoms with van der Waals surface area (Å²) in [7, 11) is 0. The Morgan fingerprint density at radius 3 is 2.85 bits per heavy atom. The molecule has 0 aliphatic heterocycles. The van der Waals surface area contributed by atoms with E-state index in [1.54, 1.807) is 24.4 Å². The Hall–Kier alpha value is -2.62. The highest BCUT2D eigenvalue weighted by molar-refractivity contribution is 6.04. The van der Waals surface area contributed by atoms with Gasteiger partial charge in [0.1, 0.15) is 5.52 Å². The summed E-state index contributed by atoms with van der Waals surface area (Å²) in [6.07, 6.45) is 1.67. The Kier molecular flexibility index (Phi) is 2.99. The zero-order valence-corrected chi connectivity index (χ0v) is 11.3. The van der Waals surface area contributed by atoms with Crippen LogP contribution in [0.2, 0.25) is 0 Å². The van der Waals surface area contributed by atoms with Crippen molar-refractivity contribution in [3.8, 4) is 0 Å². The van der Waals surface area contributed by atoms with Gasteiger partial charge in [0.25, 0.3) is 5.91 Å². The van der Waals surface area contributed by atoms with Crippen molar-refractivity contribution < 1.29 is 9.21 Å². The quantitative estimate of drug-likeness (QED) is 0.769. The van der Waals surface area contributed by atoms with Crippen molar-refractivity contribution in [3.05, 3.63) is 59.5 Å². The highest BCUT2D eigenvalue weighted by atomic mass is 16.3. The van der Waals surface area contributed by atoms with E-state index in [4.69, 9.17) is 4.42 Å². The number of pyridine rings is 1. The first-order valence-corrected chi connectivity index (χ1v) is 6.37. The van der Waals surface area contributed by atoms with E-state index in [0.29, 0.717) is 11.1 Å². The minimum absolute atomic E-state index is 0.264. The molecule has 0 saturated heterocycles. The van der Waals surface area contributed by atoms with Gasteiger partial charge in [-0.05, 0) is 43.2 Å². The molecule has 0 aliphatic carbocycles. The van der Waals surface area contributed by atoms with Crippen molar-refractivity contribution in [2.75, 3.05) is 5.32 Å². The number of aryl methyl sites for hydroxylation is 1. The third kappa shape index (κ3) is 2.16. The number of nitrogens with zero attached hydrogens (tertiary/aromatic N) is 1. The fraction of sp³-hybridized carbons (Fsp3) is 0.125. The predicted octanol–water partition coefficient (Wildman–Crippen LogP) is 3.70. The minimum Gasteiger partial charge on any atom is -0.449 e. The van der Waals surface area contributed by atoms with Crippen LogP contribution in [0.15, 0.2) is 47.0 Å². The Morgan fingerprint density at radius 1 is 1.20 bits per heavy atom. The maximum atomic E-state index is 12.2. The van der Waals surface area contributed by atoms with Gasteiger partial charge in [-0.1, -0.05) is 12.1 Å². The number of anilines is 1. The van der Waals surface area contributed by atoms with Gasteiger partial charge in [-0.25, -0.2) is 0 Å². The minimum atomic E-state index is -0.267. The summed E-state index contributed by atoms with van der Waals surface area (Å²) in [5, 5.41) is 2.87. The second-order valence-electron chi connectivity index (χ2n) is 4.70. The van der Waals surface area contributed by atoms with Crippen LogP contribution < -0.4 is 5.32 Å². The lowest BCUT2D eigenvalue weighted by molar-refractivity contribution is 0.0998. The smallest absolute Gasteiger partial charge is 0.291 e. The molecule has 0 unspecified atom stereocenters. The summed E-state index contributed by atoms with van der Waals surface area (Å²) in [5.74, 6) is -0.00342. The van der Waals surface area contributed by atoms with Gasteiger partial charge in [0.2, 0.25) is 0 Å². The first kappa shape index (κ1) is 12.4. The topological polar surface area (TPSA) is 55.1 Å². The molecular weight excluding hydrogens is 252 g/mol. The normalized spacial score (nSPS) is 10.7. The van der Waals surface area contributed by atoms with Crippen molar-refractivity contribution in [2.24, 2.45) is 0 Å². The summed E-state index contributed by atoms with van der Waals surface area (Å²) in [5.41, 5.74) is 4.27. The van der Waals surface area contributed by atoms with Crippen molar-refractivity contribution in [2.45, 2.75) is 13.8 Å². The number of carbonyl (C=O) groups is 1. The number of nitrogens with one attached hydrogen (secondary N) is 1. The summed E-state index contributed by atoms with van der Waals surface area (Å²) < 4.78 is 5.50. The molecular formula is C16H14N2O2. The van der Waals surface area contributed by atoms with E-state index in [2.05, 4.69) is 10.3 Å². The van der Waals surface area contributed by atoms with E-state index in [9.17, 15) is 4.79 Å². The zero-order chi connectivity index (χ0) is 14.1. The maximum Gasteiger partial charge on any atom is 0.291 e. The number of furan rings is 1. The third-order valence-electron chi connectivity index (χ3n) is 3.36. The van der Waals surface area contributed by atoms with E-state index < -0.39 is 0 Å². The molecule has 20 heavy (non-hydrogen) atoms. The number of amides is 1. The molecule has 0 bridgehead atoms. The number of rotatable bonds is 2. The summed E-state index contributed by atoms with van der Waals surface area (Å²) in [6, 6.07) is 11.0. The fourth-order valence-electron chi connectivity index (χ4n) is 2.05. The molecule has 2 heterocycles. The molecule has 0 atom stereocenters. The van der Waals surface area contributed by atoms with Crippen LogP contribution in [0.5, 0.6) is 0 Å². The summed E-state index contributed by atoms with van der Waals surface area (Å²) in [4.78, 5) is 16.4. The number of hydrogen-bond acceptors (Lipinski definition) is 3. The molecule has 0 spiro atoms. The molecule has 0 radical (unpaired) electrons. The molecule has 1 amide bonds. The third-order valence-corrected chi connectivity index (χ3v) is 3.36. The lowest BCUT2D eigenvalue weighted by Crippen LogP contribution is -2.12. The number of hydrogen-bond donors (Lipinski definition) is 1. The first-order chi connectivity index (χ1) is 9.65. The van der Waals surface area contributed by atoms with E-state index in [1.165, 1.54) is 0 Å². The van der Waals surface area contributed by atoms with Crippen LogP contribution in [0.1, 0.15) is 21.7 Å². The van der Waals surface area contributed by atoms with Gasteiger partial charge in [0.05, 0.1) is 0 Å². The molecule has 0 fully saturated rings. The van der Waals surface area contributed by atoms with Gasteiger partial charge < -0.3 is 9.73 Å². The average Bonchev–Trinajstić information content (AvgIpc) is 2.88. The van der Waals surface area contributed by atoms with Crippen molar-refractivity contribution in [3.63, 3.8) is 0 Å². The average molecular weight is 266 g/mol. The molecule has 3 aromatic rings. The molecule has 1 aromatic carbocycles. The molecule has 0 aliphatic rings. The van der Waals surface area contributed by atoms with Gasteiger partial charge >= 0.3 is 0 Å². The van der Waals surface area contributed by atoms with E-state index in [1.807, 2.05) is 32.0 Å². The molecule has 1 N–H and O–H groups in total. The SMILES string of the molecule is Cc1cccc(NC(=O)c2cc3ncccc3o2)c1C. The number of carbonyl (C=O) groups excluding carboxylic acids is 1. The maximum absolute atomic E-state index is 12.2. The van der Waals surface area contributed by atoms with Crippen LogP contribution >= 0.6 is 0 Å². The molecule has 0 saturated carbocycles. The Labute approximate surface area is 116 Å². The van der Waals surface area contributed by atoms with Crippen LogP contribution in [-0.2, 0) is 0 Å². The van der Waals surface area contributed by atoms with Crippen molar-refractivity contribution >= 4 is 22.7 Å². The zero-order valence-electron chi connectivity index (χ0n) is 11.3. The highest BCUT2D eigenvalue weighted by Crippen LogP contribution is 2.21. The van der Waals surface area contributed by atoms with Crippen LogP contribution in [0, 0.1) is 13.8 Å². The lowest BCUT2D eigenvalue weighted by Gasteiger charge is -2.08. The van der Waals surface area contributed by atoms with Crippen molar-refractivity contribution in [1.29, 1.82) is 0 Å². The van der Waals surface area contributed by atoms with E-state index in [0.717, 1.165) is 16.8 Å². The van der Waals surface area contributed by atoms with Gasteiger partial charge in [0, 0.05) is 18.0 Å². The predicted molar refractivity (Wildman–Crippen MR) is 77.9 cm³/mol. The molecule has 2 aromatic heterocycles. The number of fused-ring (bicyclic) bond motifs is 1. The number of benzene rings is 1. The van der Waals surface area contributed by atoms with Gasteiger partial charge in [-0.2, -0.15) is 0 Å². The second kappa shape index (κ2) is 4.81. The highest BCUT2D eigenvalue weighted by Gasteiger charge is 2.14.